The van der Waals surface area contributed by atoms with Crippen molar-refractivity contribution >= 4 is 5.97 Å². The molecular weight excluding hydrogens is 324 g/mol. The molecule has 0 amide bonds. The first-order chi connectivity index (χ1) is 12.1. The van der Waals surface area contributed by atoms with E-state index in [1.807, 2.05) is 31.2 Å². The zero-order chi connectivity index (χ0) is 18.1. The van der Waals surface area contributed by atoms with Gasteiger partial charge in [-0.3, -0.25) is 0 Å². The molecule has 0 N–H and O–H groups in total. The molecule has 2 rings (SSSR count). The van der Waals surface area contributed by atoms with E-state index in [-0.39, 0.29) is 19.5 Å². The summed E-state index contributed by atoms with van der Waals surface area (Å²) in [5.41, 5.74) is 1.79. The lowest BCUT2D eigenvalue weighted by molar-refractivity contribution is 0.0734. The monoisotopic (exact) mass is 356 g/mol. The number of carbonyl (C=O) groups excluding carboxylic acids is 1. The summed E-state index contributed by atoms with van der Waals surface area (Å²) in [6, 6.07) is 14.9. The Morgan fingerprint density at radius 2 is 1.54 bits per heavy atom. The van der Waals surface area contributed by atoms with Gasteiger partial charge in [0.15, 0.2) is 0 Å². The van der Waals surface area contributed by atoms with Gasteiger partial charge in [-0.25, -0.2) is 4.79 Å². The molecule has 2 aromatic rings. The molecule has 142 valence electrons. The van der Waals surface area contributed by atoms with Crippen molar-refractivity contribution in [3.8, 4) is 11.5 Å². The van der Waals surface area contributed by atoms with Crippen molar-refractivity contribution in [1.29, 1.82) is 0 Å². The largest absolute Gasteiger partial charge is 0.491 e. The van der Waals surface area contributed by atoms with E-state index >= 15 is 0 Å². The van der Waals surface area contributed by atoms with Crippen molar-refractivity contribution in [3.05, 3.63) is 59.7 Å². The molecule has 0 aliphatic carbocycles. The molecule has 0 fully saturated rings. The maximum atomic E-state index is 12.2. The first-order valence-corrected chi connectivity index (χ1v) is 9.20. The van der Waals surface area contributed by atoms with Crippen molar-refractivity contribution in [3.63, 3.8) is 0 Å². The van der Waals surface area contributed by atoms with E-state index in [0.717, 1.165) is 18.6 Å². The predicted molar refractivity (Wildman–Crippen MR) is 108 cm³/mol. The number of benzene rings is 2. The minimum atomic E-state index is -0.353. The van der Waals surface area contributed by atoms with Crippen LogP contribution < -0.4 is 9.47 Å². The number of hydrogen-bond acceptors (Lipinski definition) is 3. The van der Waals surface area contributed by atoms with Gasteiger partial charge in [-0.05, 0) is 68.1 Å². The highest BCUT2D eigenvalue weighted by Gasteiger charge is 2.09. The Bertz CT molecular complexity index is 644. The Hall–Kier alpha value is -2.29. The third-order valence-electron chi connectivity index (χ3n) is 4.21. The molecule has 0 aromatic heterocycles. The molecule has 0 aliphatic rings. The van der Waals surface area contributed by atoms with E-state index in [2.05, 4.69) is 13.8 Å². The van der Waals surface area contributed by atoms with E-state index < -0.39 is 0 Å². The zero-order valence-electron chi connectivity index (χ0n) is 15.5. The quantitative estimate of drug-likeness (QED) is 0.294. The summed E-state index contributed by atoms with van der Waals surface area (Å²) in [6.45, 7) is 6.30. The molecule has 1 unspecified atom stereocenters. The van der Waals surface area contributed by atoms with Crippen LogP contribution in [0.3, 0.4) is 0 Å². The van der Waals surface area contributed by atoms with Gasteiger partial charge in [0.1, 0.15) is 11.5 Å². The molecule has 0 aliphatic heterocycles. The molecule has 0 heterocycles. The second-order valence-corrected chi connectivity index (χ2v) is 6.35. The molecule has 0 bridgehead atoms. The van der Waals surface area contributed by atoms with Gasteiger partial charge in [-0.2, -0.15) is 0 Å². The summed E-state index contributed by atoms with van der Waals surface area (Å²) in [5, 5.41) is 0. The molecule has 3 nitrogen and oxygen atoms in total. The third-order valence-corrected chi connectivity index (χ3v) is 4.21. The second kappa shape index (κ2) is 11.3. The van der Waals surface area contributed by atoms with E-state index in [1.165, 1.54) is 24.8 Å². The van der Waals surface area contributed by atoms with Crippen molar-refractivity contribution in [2.24, 2.45) is 0 Å². The average Bonchev–Trinajstić information content (AvgIpc) is 2.64. The van der Waals surface area contributed by atoms with Gasteiger partial charge >= 0.3 is 5.97 Å². The number of esters is 1. The molecule has 0 spiro atoms. The van der Waals surface area contributed by atoms with Crippen molar-refractivity contribution in [2.75, 3.05) is 0 Å². The van der Waals surface area contributed by atoms with E-state index in [1.54, 1.807) is 24.3 Å². The number of hydrogen-bond donors (Lipinski definition) is 0. The van der Waals surface area contributed by atoms with Crippen LogP contribution >= 0.6 is 0 Å². The summed E-state index contributed by atoms with van der Waals surface area (Å²) >= 11 is 0. The first-order valence-electron chi connectivity index (χ1n) is 9.20. The van der Waals surface area contributed by atoms with Gasteiger partial charge in [0.2, 0.25) is 0 Å². The maximum Gasteiger partial charge on any atom is 0.343 e. The highest BCUT2D eigenvalue weighted by atomic mass is 16.5. The number of ether oxygens (including phenoxy) is 2. The fourth-order valence-electron chi connectivity index (χ4n) is 2.45. The van der Waals surface area contributed by atoms with Crippen LogP contribution in [-0.4, -0.2) is 12.1 Å². The van der Waals surface area contributed by atoms with Gasteiger partial charge in [0, 0.05) is 0 Å². The van der Waals surface area contributed by atoms with Crippen molar-refractivity contribution in [2.45, 2.75) is 66.4 Å². The fourth-order valence-corrected chi connectivity index (χ4v) is 2.45. The van der Waals surface area contributed by atoms with Gasteiger partial charge in [-0.1, -0.05) is 46.2 Å². The molecule has 0 saturated heterocycles. The van der Waals surface area contributed by atoms with E-state index in [0.29, 0.717) is 11.3 Å². The Kier molecular flexibility index (Phi) is 9.50. The molecule has 1 atom stereocenters. The molecular formula is C23H32O3. The zero-order valence-corrected chi connectivity index (χ0v) is 15.5. The standard InChI is InChI=1S/C22H28O3.CH4/c1-4-6-7-8-18-9-13-21(14-10-18)25-22(23)19-11-15-20(16-12-19)24-17(3)5-2;/h9-17H,4-8H2,1-3H3;1H4. The molecule has 0 radical (unpaired) electrons. The fraction of sp³-hybridized carbons (Fsp3) is 0.435. The summed E-state index contributed by atoms with van der Waals surface area (Å²) in [5.74, 6) is 0.986. The summed E-state index contributed by atoms with van der Waals surface area (Å²) in [6.07, 6.45) is 5.83. The number of unbranched alkanes of at least 4 members (excludes halogenated alkanes) is 2. The lowest BCUT2D eigenvalue weighted by Gasteiger charge is -2.12. The second-order valence-electron chi connectivity index (χ2n) is 6.35. The van der Waals surface area contributed by atoms with Crippen LogP contribution in [0.4, 0.5) is 0 Å². The Morgan fingerprint density at radius 3 is 2.12 bits per heavy atom. The Balaban J connectivity index is 0.00000338. The number of rotatable bonds is 9. The van der Waals surface area contributed by atoms with Gasteiger partial charge < -0.3 is 9.47 Å². The average molecular weight is 357 g/mol. The highest BCUT2D eigenvalue weighted by molar-refractivity contribution is 5.91. The summed E-state index contributed by atoms with van der Waals surface area (Å²) in [7, 11) is 0. The minimum absolute atomic E-state index is 0. The van der Waals surface area contributed by atoms with Gasteiger partial charge in [0.25, 0.3) is 0 Å². The lowest BCUT2D eigenvalue weighted by Crippen LogP contribution is -2.11. The lowest BCUT2D eigenvalue weighted by atomic mass is 10.1. The molecule has 0 saturated carbocycles. The van der Waals surface area contributed by atoms with Crippen molar-refractivity contribution in [1.82, 2.24) is 0 Å². The van der Waals surface area contributed by atoms with E-state index in [9.17, 15) is 4.79 Å². The van der Waals surface area contributed by atoms with Crippen LogP contribution in [0.15, 0.2) is 48.5 Å². The molecule has 2 aromatic carbocycles. The third kappa shape index (κ3) is 6.91. The topological polar surface area (TPSA) is 35.5 Å². The normalized spacial score (nSPS) is 11.3. The van der Waals surface area contributed by atoms with Crippen LogP contribution in [0, 0.1) is 0 Å². The maximum absolute atomic E-state index is 12.2. The van der Waals surface area contributed by atoms with Crippen LogP contribution in [0.5, 0.6) is 11.5 Å². The predicted octanol–water partition coefficient (Wildman–Crippen LogP) is 6.45. The molecule has 3 heteroatoms. The van der Waals surface area contributed by atoms with Crippen LogP contribution in [0.1, 0.15) is 69.8 Å². The van der Waals surface area contributed by atoms with E-state index in [4.69, 9.17) is 9.47 Å². The Labute approximate surface area is 158 Å². The SMILES string of the molecule is C.CCCCCc1ccc(OC(=O)c2ccc(OC(C)CC)cc2)cc1. The van der Waals surface area contributed by atoms with Crippen LogP contribution in [-0.2, 0) is 6.42 Å². The van der Waals surface area contributed by atoms with Crippen molar-refractivity contribution < 1.29 is 14.3 Å². The highest BCUT2D eigenvalue weighted by Crippen LogP contribution is 2.18. The smallest absolute Gasteiger partial charge is 0.343 e. The minimum Gasteiger partial charge on any atom is -0.491 e. The number of aryl methyl sites for hydroxylation is 1. The van der Waals surface area contributed by atoms with Gasteiger partial charge in [0.05, 0.1) is 11.7 Å². The first kappa shape index (κ1) is 21.8. The summed E-state index contributed by atoms with van der Waals surface area (Å²) in [4.78, 5) is 12.2. The van der Waals surface area contributed by atoms with Gasteiger partial charge in [-0.15, -0.1) is 0 Å². The number of carbonyl (C=O) groups is 1. The van der Waals surface area contributed by atoms with Crippen LogP contribution in [0.2, 0.25) is 0 Å². The van der Waals surface area contributed by atoms with Crippen LogP contribution in [0.25, 0.3) is 0 Å². The Morgan fingerprint density at radius 1 is 0.923 bits per heavy atom. The summed E-state index contributed by atoms with van der Waals surface area (Å²) < 4.78 is 11.2. The molecule has 26 heavy (non-hydrogen) atoms.